The van der Waals surface area contributed by atoms with Gasteiger partial charge in [-0.05, 0) is 57.0 Å². The van der Waals surface area contributed by atoms with Crippen molar-refractivity contribution in [1.82, 2.24) is 4.57 Å². The fourth-order valence-electron chi connectivity index (χ4n) is 3.63. The second kappa shape index (κ2) is 6.91. The third-order valence-corrected chi connectivity index (χ3v) is 5.30. The third-order valence-electron chi connectivity index (χ3n) is 4.77. The van der Waals surface area contributed by atoms with Crippen molar-refractivity contribution >= 4 is 27.4 Å². The number of hydrogen-bond acceptors (Lipinski definition) is 2. The van der Waals surface area contributed by atoms with Gasteiger partial charge in [-0.3, -0.25) is 4.79 Å². The van der Waals surface area contributed by atoms with Crippen LogP contribution in [0, 0.1) is 13.8 Å². The number of rotatable bonds is 5. The van der Waals surface area contributed by atoms with E-state index in [4.69, 9.17) is 0 Å². The van der Waals surface area contributed by atoms with E-state index in [9.17, 15) is 4.79 Å². The van der Waals surface area contributed by atoms with E-state index in [0.717, 1.165) is 21.4 Å². The second-order valence-electron chi connectivity index (χ2n) is 6.38. The Morgan fingerprint density at radius 2 is 1.87 bits per heavy atom. The van der Waals surface area contributed by atoms with Crippen LogP contribution in [-0.2, 0) is 0 Å². The van der Waals surface area contributed by atoms with Crippen molar-refractivity contribution in [2.75, 3.05) is 11.9 Å². The molecule has 0 aliphatic heterocycles. The zero-order chi connectivity index (χ0) is 16.4. The summed E-state index contributed by atoms with van der Waals surface area (Å²) >= 11 is 3.42. The van der Waals surface area contributed by atoms with Crippen LogP contribution >= 0.6 is 15.9 Å². The average molecular weight is 375 g/mol. The normalized spacial score (nSPS) is 15.1. The van der Waals surface area contributed by atoms with Gasteiger partial charge in [0, 0.05) is 33.2 Å². The van der Waals surface area contributed by atoms with Gasteiger partial charge in [-0.2, -0.15) is 0 Å². The van der Waals surface area contributed by atoms with Gasteiger partial charge in [0.2, 0.25) is 0 Å². The molecule has 4 heteroatoms. The SMILES string of the molecule is Cc1cc(C(=O)CNc2ccc(Br)cc2)c(C)n1C1CCCC1. The Labute approximate surface area is 146 Å². The summed E-state index contributed by atoms with van der Waals surface area (Å²) in [6, 6.07) is 10.5. The van der Waals surface area contributed by atoms with E-state index in [-0.39, 0.29) is 5.78 Å². The van der Waals surface area contributed by atoms with Gasteiger partial charge >= 0.3 is 0 Å². The maximum Gasteiger partial charge on any atom is 0.183 e. The maximum atomic E-state index is 12.6. The van der Waals surface area contributed by atoms with E-state index >= 15 is 0 Å². The number of halogens is 1. The van der Waals surface area contributed by atoms with E-state index in [2.05, 4.69) is 45.7 Å². The van der Waals surface area contributed by atoms with Crippen LogP contribution in [0.5, 0.6) is 0 Å². The molecule has 1 aromatic heterocycles. The molecule has 1 heterocycles. The molecule has 0 bridgehead atoms. The Hall–Kier alpha value is -1.55. The smallest absolute Gasteiger partial charge is 0.183 e. The highest BCUT2D eigenvalue weighted by Crippen LogP contribution is 2.33. The first-order valence-corrected chi connectivity index (χ1v) is 9.06. The summed E-state index contributed by atoms with van der Waals surface area (Å²) < 4.78 is 3.41. The highest BCUT2D eigenvalue weighted by atomic mass is 79.9. The van der Waals surface area contributed by atoms with Gasteiger partial charge in [0.25, 0.3) is 0 Å². The van der Waals surface area contributed by atoms with Crippen molar-refractivity contribution in [3.8, 4) is 0 Å². The van der Waals surface area contributed by atoms with E-state index in [1.807, 2.05) is 24.3 Å². The Morgan fingerprint density at radius 1 is 1.22 bits per heavy atom. The molecule has 1 saturated carbocycles. The van der Waals surface area contributed by atoms with Crippen molar-refractivity contribution in [1.29, 1.82) is 0 Å². The molecule has 0 radical (unpaired) electrons. The van der Waals surface area contributed by atoms with Gasteiger partial charge in [-0.15, -0.1) is 0 Å². The van der Waals surface area contributed by atoms with Crippen LogP contribution in [-0.4, -0.2) is 16.9 Å². The van der Waals surface area contributed by atoms with E-state index in [1.54, 1.807) is 0 Å². The molecule has 1 N–H and O–H groups in total. The van der Waals surface area contributed by atoms with E-state index in [1.165, 1.54) is 31.4 Å². The monoisotopic (exact) mass is 374 g/mol. The average Bonchev–Trinajstić information content (AvgIpc) is 3.14. The summed E-state index contributed by atoms with van der Waals surface area (Å²) in [5.41, 5.74) is 4.16. The number of nitrogens with one attached hydrogen (secondary N) is 1. The van der Waals surface area contributed by atoms with Gasteiger partial charge in [0.1, 0.15) is 0 Å². The fraction of sp³-hybridized carbons (Fsp3) is 0.421. The topological polar surface area (TPSA) is 34.0 Å². The highest BCUT2D eigenvalue weighted by molar-refractivity contribution is 9.10. The minimum atomic E-state index is 0.158. The van der Waals surface area contributed by atoms with Crippen molar-refractivity contribution in [2.24, 2.45) is 0 Å². The lowest BCUT2D eigenvalue weighted by atomic mass is 10.1. The molecule has 0 spiro atoms. The molecule has 3 rings (SSSR count). The number of Topliss-reactive ketones (excluding diaryl/α,β-unsaturated/α-hetero) is 1. The van der Waals surface area contributed by atoms with Gasteiger partial charge in [0.15, 0.2) is 5.78 Å². The van der Waals surface area contributed by atoms with Crippen LogP contribution in [0.4, 0.5) is 5.69 Å². The van der Waals surface area contributed by atoms with E-state index in [0.29, 0.717) is 12.6 Å². The number of carbonyl (C=O) groups is 1. The number of aromatic nitrogens is 1. The zero-order valence-corrected chi connectivity index (χ0v) is 15.3. The van der Waals surface area contributed by atoms with Crippen LogP contribution < -0.4 is 5.32 Å². The molecule has 2 aromatic rings. The first-order chi connectivity index (χ1) is 11.1. The summed E-state index contributed by atoms with van der Waals surface area (Å²) in [5.74, 6) is 0.158. The summed E-state index contributed by atoms with van der Waals surface area (Å²) in [6.45, 7) is 4.53. The summed E-state index contributed by atoms with van der Waals surface area (Å²) in [5, 5.41) is 3.22. The van der Waals surface area contributed by atoms with Crippen LogP contribution in [0.2, 0.25) is 0 Å². The number of ketones is 1. The molecule has 0 atom stereocenters. The number of aryl methyl sites for hydroxylation is 1. The van der Waals surface area contributed by atoms with Crippen molar-refractivity contribution < 1.29 is 4.79 Å². The second-order valence-corrected chi connectivity index (χ2v) is 7.29. The lowest BCUT2D eigenvalue weighted by Gasteiger charge is -2.17. The molecule has 3 nitrogen and oxygen atoms in total. The largest absolute Gasteiger partial charge is 0.378 e. The van der Waals surface area contributed by atoms with Gasteiger partial charge < -0.3 is 9.88 Å². The molecule has 23 heavy (non-hydrogen) atoms. The summed E-state index contributed by atoms with van der Waals surface area (Å²) in [6.07, 6.45) is 5.08. The Morgan fingerprint density at radius 3 is 2.52 bits per heavy atom. The number of anilines is 1. The van der Waals surface area contributed by atoms with Gasteiger partial charge in [0.05, 0.1) is 6.54 Å². The van der Waals surface area contributed by atoms with Crippen LogP contribution in [0.1, 0.15) is 53.5 Å². The molecular formula is C19H23BrN2O. The van der Waals surface area contributed by atoms with Crippen molar-refractivity contribution in [2.45, 2.75) is 45.6 Å². The molecule has 0 saturated heterocycles. The number of nitrogens with zero attached hydrogens (tertiary/aromatic N) is 1. The summed E-state index contributed by atoms with van der Waals surface area (Å²) in [4.78, 5) is 12.6. The van der Waals surface area contributed by atoms with Gasteiger partial charge in [-0.1, -0.05) is 28.8 Å². The first-order valence-electron chi connectivity index (χ1n) is 8.27. The minimum absolute atomic E-state index is 0.158. The number of hydrogen-bond donors (Lipinski definition) is 1. The number of benzene rings is 1. The molecule has 0 amide bonds. The van der Waals surface area contributed by atoms with Crippen molar-refractivity contribution in [3.05, 3.63) is 51.8 Å². The lowest BCUT2D eigenvalue weighted by Crippen LogP contribution is -2.15. The Kier molecular flexibility index (Phi) is 4.90. The standard InChI is InChI=1S/C19H23BrN2O/c1-13-11-18(14(2)22(13)17-5-3-4-6-17)19(23)12-21-16-9-7-15(20)8-10-16/h7-11,17,21H,3-6,12H2,1-2H3. The minimum Gasteiger partial charge on any atom is -0.378 e. The van der Waals surface area contributed by atoms with E-state index < -0.39 is 0 Å². The fourth-order valence-corrected chi connectivity index (χ4v) is 3.89. The predicted molar refractivity (Wildman–Crippen MR) is 98.4 cm³/mol. The molecule has 1 aliphatic carbocycles. The molecule has 122 valence electrons. The van der Waals surface area contributed by atoms with Crippen LogP contribution in [0.3, 0.4) is 0 Å². The summed E-state index contributed by atoms with van der Waals surface area (Å²) in [7, 11) is 0. The predicted octanol–water partition coefficient (Wildman–Crippen LogP) is 5.28. The Bertz CT molecular complexity index is 697. The lowest BCUT2D eigenvalue weighted by molar-refractivity contribution is 0.101. The quantitative estimate of drug-likeness (QED) is 0.722. The maximum absolute atomic E-state index is 12.6. The highest BCUT2D eigenvalue weighted by Gasteiger charge is 2.23. The Balaban J connectivity index is 1.72. The van der Waals surface area contributed by atoms with Gasteiger partial charge in [-0.25, -0.2) is 0 Å². The molecular weight excluding hydrogens is 352 g/mol. The van der Waals surface area contributed by atoms with Crippen LogP contribution in [0.15, 0.2) is 34.8 Å². The molecule has 0 unspecified atom stereocenters. The molecule has 1 aliphatic rings. The number of carbonyl (C=O) groups excluding carboxylic acids is 1. The molecule has 1 fully saturated rings. The van der Waals surface area contributed by atoms with Crippen LogP contribution in [0.25, 0.3) is 0 Å². The van der Waals surface area contributed by atoms with Crippen molar-refractivity contribution in [3.63, 3.8) is 0 Å². The molecule has 1 aromatic carbocycles. The zero-order valence-electron chi connectivity index (χ0n) is 13.7. The third kappa shape index (κ3) is 3.52. The first kappa shape index (κ1) is 16.3.